The van der Waals surface area contributed by atoms with E-state index in [4.69, 9.17) is 23.2 Å². The van der Waals surface area contributed by atoms with Crippen molar-refractivity contribution >= 4 is 44.3 Å². The van der Waals surface area contributed by atoms with Gasteiger partial charge in [-0.3, -0.25) is 4.68 Å². The Morgan fingerprint density at radius 2 is 2.08 bits per heavy atom. The van der Waals surface area contributed by atoms with Crippen LogP contribution in [0.1, 0.15) is 6.92 Å². The Morgan fingerprint density at radius 1 is 1.31 bits per heavy atom. The van der Waals surface area contributed by atoms with Gasteiger partial charge in [-0.25, -0.2) is 13.4 Å². The summed E-state index contributed by atoms with van der Waals surface area (Å²) in [4.78, 5) is 7.35. The Bertz CT molecular complexity index is 1070. The van der Waals surface area contributed by atoms with Crippen molar-refractivity contribution in [2.24, 2.45) is 0 Å². The van der Waals surface area contributed by atoms with Crippen LogP contribution in [0, 0.1) is 0 Å². The first-order valence-electron chi connectivity index (χ1n) is 8.12. The molecule has 0 amide bonds. The second kappa shape index (κ2) is 6.23. The minimum absolute atomic E-state index is 0.0684. The van der Waals surface area contributed by atoms with Gasteiger partial charge in [-0.05, 0) is 24.6 Å². The summed E-state index contributed by atoms with van der Waals surface area (Å²) in [6, 6.07) is 3.81. The molecule has 1 aliphatic rings. The molecule has 0 radical (unpaired) electrons. The van der Waals surface area contributed by atoms with Crippen molar-refractivity contribution in [2.75, 3.05) is 24.7 Å². The lowest BCUT2D eigenvalue weighted by molar-refractivity contribution is 0.0900. The Kier molecular flexibility index (Phi) is 4.26. The molecule has 0 saturated carbocycles. The normalized spacial score (nSPS) is 17.5. The molecular formula is C16H17Cl2N5O2S. The summed E-state index contributed by atoms with van der Waals surface area (Å²) in [5.74, 6) is 0.315. The molecule has 0 atom stereocenters. The van der Waals surface area contributed by atoms with E-state index in [1.807, 2.05) is 24.5 Å². The predicted octanol–water partition coefficient (Wildman–Crippen LogP) is 2.68. The van der Waals surface area contributed by atoms with Crippen LogP contribution in [0.25, 0.3) is 22.2 Å². The van der Waals surface area contributed by atoms with Gasteiger partial charge in [-0.15, -0.1) is 11.6 Å². The summed E-state index contributed by atoms with van der Waals surface area (Å²) in [6.07, 6.45) is 5.36. The van der Waals surface area contributed by atoms with Gasteiger partial charge in [-0.2, -0.15) is 9.40 Å². The summed E-state index contributed by atoms with van der Waals surface area (Å²) in [5.41, 5.74) is 1.85. The molecule has 1 fully saturated rings. The predicted molar refractivity (Wildman–Crippen MR) is 102 cm³/mol. The van der Waals surface area contributed by atoms with Gasteiger partial charge in [0.1, 0.15) is 11.2 Å². The number of sulfonamides is 1. The second-order valence-electron chi connectivity index (χ2n) is 6.40. The largest absolute Gasteiger partial charge is 0.346 e. The van der Waals surface area contributed by atoms with Gasteiger partial charge in [0, 0.05) is 42.6 Å². The number of aromatic nitrogens is 4. The molecule has 26 heavy (non-hydrogen) atoms. The average Bonchev–Trinajstić information content (AvgIpc) is 3.21. The Labute approximate surface area is 161 Å². The highest BCUT2D eigenvalue weighted by Gasteiger charge is 2.49. The third-order valence-corrected chi connectivity index (χ3v) is 7.41. The van der Waals surface area contributed by atoms with E-state index in [2.05, 4.69) is 15.1 Å². The number of pyridine rings is 1. The quantitative estimate of drug-likeness (QED) is 0.651. The molecule has 0 aromatic carbocycles. The standard InChI is InChI=1S/C16H17Cl2N5O2S/c1-2-26(24,25)22-9-16(8-17,10-22)23-7-13(14(18)21-23)11-3-5-19-15-12(11)4-6-20-15/h3-7H,2,8-10H2,1H3,(H,19,20). The number of nitrogens with one attached hydrogen (secondary N) is 1. The monoisotopic (exact) mass is 413 g/mol. The molecule has 1 N–H and O–H groups in total. The van der Waals surface area contributed by atoms with Crippen LogP contribution >= 0.6 is 23.2 Å². The number of H-pyrrole nitrogens is 1. The molecule has 0 spiro atoms. The van der Waals surface area contributed by atoms with Crippen LogP contribution in [0.15, 0.2) is 30.7 Å². The van der Waals surface area contributed by atoms with Crippen molar-refractivity contribution < 1.29 is 8.42 Å². The molecule has 10 heteroatoms. The minimum atomic E-state index is -3.24. The summed E-state index contributed by atoms with van der Waals surface area (Å²) < 4.78 is 27.2. The van der Waals surface area contributed by atoms with Crippen molar-refractivity contribution in [3.05, 3.63) is 35.9 Å². The molecule has 7 nitrogen and oxygen atoms in total. The maximum Gasteiger partial charge on any atom is 0.213 e. The van der Waals surface area contributed by atoms with Crippen molar-refractivity contribution in [3.63, 3.8) is 0 Å². The maximum atomic E-state index is 12.0. The molecule has 0 aliphatic carbocycles. The maximum absolute atomic E-state index is 12.0. The van der Waals surface area contributed by atoms with Gasteiger partial charge in [0.05, 0.1) is 11.6 Å². The van der Waals surface area contributed by atoms with Gasteiger partial charge >= 0.3 is 0 Å². The zero-order chi connectivity index (χ0) is 18.5. The number of hydrogen-bond donors (Lipinski definition) is 1. The van der Waals surface area contributed by atoms with Crippen molar-refractivity contribution in [3.8, 4) is 11.1 Å². The third kappa shape index (κ3) is 2.63. The molecule has 0 unspecified atom stereocenters. The summed E-state index contributed by atoms with van der Waals surface area (Å²) >= 11 is 12.6. The highest BCUT2D eigenvalue weighted by atomic mass is 35.5. The molecule has 4 rings (SSSR count). The van der Waals surface area contributed by atoms with Crippen LogP contribution in [-0.4, -0.2) is 57.2 Å². The first kappa shape index (κ1) is 17.8. The van der Waals surface area contributed by atoms with E-state index in [-0.39, 0.29) is 11.6 Å². The van der Waals surface area contributed by atoms with Crippen LogP contribution in [0.5, 0.6) is 0 Å². The molecule has 4 heterocycles. The number of alkyl halides is 1. The number of rotatable bonds is 5. The molecule has 3 aromatic heterocycles. The van der Waals surface area contributed by atoms with Gasteiger partial charge in [0.25, 0.3) is 0 Å². The molecule has 1 saturated heterocycles. The zero-order valence-corrected chi connectivity index (χ0v) is 16.3. The van der Waals surface area contributed by atoms with Crippen LogP contribution < -0.4 is 0 Å². The summed E-state index contributed by atoms with van der Waals surface area (Å²) in [5, 5.41) is 5.72. The van der Waals surface area contributed by atoms with Crippen LogP contribution in [-0.2, 0) is 15.6 Å². The van der Waals surface area contributed by atoms with Crippen molar-refractivity contribution in [1.29, 1.82) is 0 Å². The second-order valence-corrected chi connectivity index (χ2v) is 9.29. The molecule has 3 aromatic rings. The first-order chi connectivity index (χ1) is 12.4. The fourth-order valence-electron chi connectivity index (χ4n) is 3.25. The highest BCUT2D eigenvalue weighted by molar-refractivity contribution is 7.89. The van der Waals surface area contributed by atoms with Crippen molar-refractivity contribution in [2.45, 2.75) is 12.5 Å². The van der Waals surface area contributed by atoms with Crippen LogP contribution in [0.3, 0.4) is 0 Å². The Morgan fingerprint density at radius 3 is 2.77 bits per heavy atom. The SMILES string of the molecule is CCS(=O)(=O)N1CC(CCl)(n2cc(-c3ccnc4[nH]ccc34)c(Cl)n2)C1. The van der Waals surface area contributed by atoms with E-state index >= 15 is 0 Å². The van der Waals surface area contributed by atoms with E-state index in [9.17, 15) is 8.42 Å². The lowest BCUT2D eigenvalue weighted by atomic mass is 9.95. The molecule has 138 valence electrons. The Balaban J connectivity index is 1.72. The van der Waals surface area contributed by atoms with Gasteiger partial charge in [0.2, 0.25) is 10.0 Å². The smallest absolute Gasteiger partial charge is 0.213 e. The first-order valence-corrected chi connectivity index (χ1v) is 10.6. The van der Waals surface area contributed by atoms with Gasteiger partial charge < -0.3 is 4.98 Å². The van der Waals surface area contributed by atoms with E-state index in [1.165, 1.54) is 4.31 Å². The Hall–Kier alpha value is -1.61. The number of aromatic amines is 1. The minimum Gasteiger partial charge on any atom is -0.346 e. The van der Waals surface area contributed by atoms with E-state index < -0.39 is 15.6 Å². The number of hydrogen-bond acceptors (Lipinski definition) is 4. The number of nitrogens with zero attached hydrogens (tertiary/aromatic N) is 4. The topological polar surface area (TPSA) is 83.9 Å². The molecule has 1 aliphatic heterocycles. The lowest BCUT2D eigenvalue weighted by Gasteiger charge is -2.47. The lowest BCUT2D eigenvalue weighted by Crippen LogP contribution is -2.65. The molecule has 0 bridgehead atoms. The van der Waals surface area contributed by atoms with Gasteiger partial charge in [-0.1, -0.05) is 11.6 Å². The van der Waals surface area contributed by atoms with E-state index in [1.54, 1.807) is 17.8 Å². The zero-order valence-electron chi connectivity index (χ0n) is 14.0. The van der Waals surface area contributed by atoms with E-state index in [0.717, 1.165) is 22.2 Å². The summed E-state index contributed by atoms with van der Waals surface area (Å²) in [6.45, 7) is 2.21. The summed E-state index contributed by atoms with van der Waals surface area (Å²) in [7, 11) is -3.24. The van der Waals surface area contributed by atoms with Crippen LogP contribution in [0.4, 0.5) is 0 Å². The fraction of sp³-hybridized carbons (Fsp3) is 0.375. The average molecular weight is 414 g/mol. The number of fused-ring (bicyclic) bond motifs is 1. The number of halogens is 2. The third-order valence-electron chi connectivity index (χ3n) is 4.85. The highest BCUT2D eigenvalue weighted by Crippen LogP contribution is 2.37. The van der Waals surface area contributed by atoms with Crippen LogP contribution in [0.2, 0.25) is 5.15 Å². The van der Waals surface area contributed by atoms with Gasteiger partial charge in [0.15, 0.2) is 5.15 Å². The van der Waals surface area contributed by atoms with E-state index in [0.29, 0.717) is 18.2 Å². The fourth-order valence-corrected chi connectivity index (χ4v) is 5.02. The van der Waals surface area contributed by atoms with Crippen molar-refractivity contribution in [1.82, 2.24) is 24.1 Å². The molecular weight excluding hydrogens is 397 g/mol.